The first kappa shape index (κ1) is 37.5. The molecule has 4 aromatic carbocycles. The van der Waals surface area contributed by atoms with Gasteiger partial charge in [-0.25, -0.2) is 0 Å². The van der Waals surface area contributed by atoms with Crippen LogP contribution in [0.2, 0.25) is 0 Å². The average Bonchev–Trinajstić information content (AvgIpc) is 3.04. The molecule has 2 atom stereocenters. The zero-order valence-electron chi connectivity index (χ0n) is 30.2. The summed E-state index contributed by atoms with van der Waals surface area (Å²) in [4.78, 5) is 12.9. The van der Waals surface area contributed by atoms with E-state index in [4.69, 9.17) is 18.9 Å². The van der Waals surface area contributed by atoms with Gasteiger partial charge >= 0.3 is 0 Å². The molecule has 0 heterocycles. The minimum absolute atomic E-state index is 0.0435. The molecule has 0 radical (unpaired) electrons. The number of carbonyl (C=O) groups is 1. The first-order valence-electron chi connectivity index (χ1n) is 16.9. The third-order valence-corrected chi connectivity index (χ3v) is 7.98. The topological polar surface area (TPSA) is 94.5 Å². The molecule has 0 aromatic heterocycles. The summed E-state index contributed by atoms with van der Waals surface area (Å²) in [6.45, 7) is 16.9. The fraction of sp³-hybridized carbons (Fsp3) is 0.405. The van der Waals surface area contributed by atoms with Crippen molar-refractivity contribution in [3.63, 3.8) is 0 Å². The van der Waals surface area contributed by atoms with Gasteiger partial charge in [0.05, 0.1) is 6.10 Å². The average molecular weight is 669 g/mol. The number of benzene rings is 4. The second-order valence-electron chi connectivity index (χ2n) is 15.3. The molecule has 4 aromatic rings. The van der Waals surface area contributed by atoms with Crippen molar-refractivity contribution in [2.24, 2.45) is 5.41 Å². The summed E-state index contributed by atoms with van der Waals surface area (Å²) in [5, 5.41) is 20.7. The molecular formula is C42H52O7. The second-order valence-corrected chi connectivity index (χ2v) is 15.3. The van der Waals surface area contributed by atoms with E-state index < -0.39 is 12.2 Å². The summed E-state index contributed by atoms with van der Waals surface area (Å²) in [5.74, 6) is 2.55. The highest BCUT2D eigenvalue weighted by Gasteiger charge is 2.24. The van der Waals surface area contributed by atoms with E-state index in [2.05, 4.69) is 46.8 Å². The highest BCUT2D eigenvalue weighted by Crippen LogP contribution is 2.33. The van der Waals surface area contributed by atoms with Crippen LogP contribution in [0.4, 0.5) is 0 Å². The first-order valence-corrected chi connectivity index (χ1v) is 16.9. The van der Waals surface area contributed by atoms with Crippen LogP contribution in [0.25, 0.3) is 0 Å². The Morgan fingerprint density at radius 3 is 1.24 bits per heavy atom. The Morgan fingerprint density at radius 2 is 0.878 bits per heavy atom. The monoisotopic (exact) mass is 668 g/mol. The number of hydrogen-bond donors (Lipinski definition) is 2. The van der Waals surface area contributed by atoms with Crippen LogP contribution >= 0.6 is 0 Å². The molecule has 0 aliphatic heterocycles. The molecule has 0 saturated carbocycles. The third kappa shape index (κ3) is 11.7. The van der Waals surface area contributed by atoms with Gasteiger partial charge in [0.1, 0.15) is 54.5 Å². The molecule has 0 spiro atoms. The van der Waals surface area contributed by atoms with Crippen LogP contribution in [0.5, 0.6) is 23.0 Å². The van der Waals surface area contributed by atoms with Gasteiger partial charge in [0, 0.05) is 16.5 Å². The number of rotatable bonds is 15. The maximum Gasteiger partial charge on any atom is 0.193 e. The van der Waals surface area contributed by atoms with E-state index in [0.29, 0.717) is 34.8 Å². The predicted molar refractivity (Wildman–Crippen MR) is 194 cm³/mol. The summed E-state index contributed by atoms with van der Waals surface area (Å²) >= 11 is 0. The number of ether oxygens (including phenoxy) is 4. The van der Waals surface area contributed by atoms with Crippen molar-refractivity contribution in [2.75, 3.05) is 19.8 Å². The van der Waals surface area contributed by atoms with E-state index in [0.717, 1.165) is 16.9 Å². The molecule has 0 aliphatic rings. The first-order chi connectivity index (χ1) is 23.0. The number of aliphatic hydroxyl groups excluding tert-OH is 2. The Morgan fingerprint density at radius 1 is 0.531 bits per heavy atom. The van der Waals surface area contributed by atoms with Gasteiger partial charge < -0.3 is 29.2 Å². The molecule has 2 N–H and O–H groups in total. The molecule has 7 heteroatoms. The van der Waals surface area contributed by atoms with Crippen LogP contribution in [0.1, 0.15) is 88.9 Å². The van der Waals surface area contributed by atoms with Gasteiger partial charge in [0.2, 0.25) is 0 Å². The van der Waals surface area contributed by atoms with Gasteiger partial charge in [-0.1, -0.05) is 58.9 Å². The SMILES string of the molecule is CC(C)(C)CC(O)COc1ccc(C(C)(C)c2ccc(OCC(O)COc3ccc(C(=O)c4ccc(OC(C)(C)C)cc4)cc3)cc2)cc1. The van der Waals surface area contributed by atoms with Gasteiger partial charge in [-0.15, -0.1) is 0 Å². The van der Waals surface area contributed by atoms with E-state index in [1.165, 1.54) is 0 Å². The molecule has 49 heavy (non-hydrogen) atoms. The van der Waals surface area contributed by atoms with E-state index in [1.54, 1.807) is 48.5 Å². The number of ketones is 1. The van der Waals surface area contributed by atoms with Crippen LogP contribution in [-0.2, 0) is 5.41 Å². The van der Waals surface area contributed by atoms with E-state index in [1.807, 2.05) is 57.2 Å². The van der Waals surface area contributed by atoms with E-state index in [9.17, 15) is 15.0 Å². The smallest absolute Gasteiger partial charge is 0.193 e. The molecule has 0 amide bonds. The molecule has 2 unspecified atom stereocenters. The van der Waals surface area contributed by atoms with E-state index >= 15 is 0 Å². The second kappa shape index (κ2) is 15.9. The van der Waals surface area contributed by atoms with Crippen LogP contribution in [0, 0.1) is 5.41 Å². The molecule has 0 bridgehead atoms. The van der Waals surface area contributed by atoms with Crippen LogP contribution in [-0.4, -0.2) is 53.6 Å². The number of carbonyl (C=O) groups excluding carboxylic acids is 1. The lowest BCUT2D eigenvalue weighted by molar-refractivity contribution is 0.0626. The Bertz CT molecular complexity index is 1610. The minimum atomic E-state index is -0.846. The van der Waals surface area contributed by atoms with Crippen molar-refractivity contribution < 1.29 is 34.0 Å². The normalized spacial score (nSPS) is 13.3. The molecule has 262 valence electrons. The van der Waals surface area contributed by atoms with Crippen molar-refractivity contribution >= 4 is 5.78 Å². The van der Waals surface area contributed by atoms with Crippen molar-refractivity contribution in [1.82, 2.24) is 0 Å². The Kier molecular flexibility index (Phi) is 12.2. The summed E-state index contributed by atoms with van der Waals surface area (Å²) < 4.78 is 23.2. The molecule has 0 aliphatic carbocycles. The van der Waals surface area contributed by atoms with Crippen LogP contribution < -0.4 is 18.9 Å². The van der Waals surface area contributed by atoms with Gasteiger partial charge in [0.25, 0.3) is 0 Å². The molecule has 0 fully saturated rings. The lowest BCUT2D eigenvalue weighted by Gasteiger charge is -2.27. The number of aliphatic hydroxyl groups is 2. The molecule has 4 rings (SSSR count). The van der Waals surface area contributed by atoms with Crippen LogP contribution in [0.3, 0.4) is 0 Å². The minimum Gasteiger partial charge on any atom is -0.491 e. The van der Waals surface area contributed by atoms with Crippen molar-refractivity contribution in [3.8, 4) is 23.0 Å². The van der Waals surface area contributed by atoms with Crippen LogP contribution in [0.15, 0.2) is 97.1 Å². The summed E-state index contributed by atoms with van der Waals surface area (Å²) in [5.41, 5.74) is 2.84. The standard InChI is InChI=1S/C42H52O7/c1-40(2,3)25-33(43)26-46-36-21-13-31(14-22-36)42(7,8)32-15-23-37(24-16-32)48-28-34(44)27-47-35-17-9-29(10-18-35)39(45)30-11-19-38(20-12-30)49-41(4,5)6/h9-24,33-34,43-44H,25-28H2,1-8H3. The van der Waals surface area contributed by atoms with Gasteiger partial charge in [-0.3, -0.25) is 4.79 Å². The quantitative estimate of drug-likeness (QED) is 0.123. The largest absolute Gasteiger partial charge is 0.491 e. The summed E-state index contributed by atoms with van der Waals surface area (Å²) in [6.07, 6.45) is -0.678. The zero-order chi connectivity index (χ0) is 35.8. The molecule has 0 saturated heterocycles. The van der Waals surface area contributed by atoms with Crippen molar-refractivity contribution in [2.45, 2.75) is 85.0 Å². The van der Waals surface area contributed by atoms with Gasteiger partial charge in [0.15, 0.2) is 5.78 Å². The fourth-order valence-electron chi connectivity index (χ4n) is 5.39. The zero-order valence-corrected chi connectivity index (χ0v) is 30.2. The lowest BCUT2D eigenvalue weighted by atomic mass is 9.78. The maximum atomic E-state index is 12.9. The summed E-state index contributed by atoms with van der Waals surface area (Å²) in [6, 6.07) is 29.9. The van der Waals surface area contributed by atoms with Gasteiger partial charge in [-0.05, 0) is 117 Å². The Labute approximate surface area is 291 Å². The predicted octanol–water partition coefficient (Wildman–Crippen LogP) is 8.42. The van der Waals surface area contributed by atoms with Crippen molar-refractivity contribution in [1.29, 1.82) is 0 Å². The highest BCUT2D eigenvalue weighted by atomic mass is 16.5. The number of hydrogen-bond acceptors (Lipinski definition) is 7. The van der Waals surface area contributed by atoms with Gasteiger partial charge in [-0.2, -0.15) is 0 Å². The van der Waals surface area contributed by atoms with E-state index in [-0.39, 0.29) is 42.0 Å². The molecule has 7 nitrogen and oxygen atoms in total. The lowest BCUT2D eigenvalue weighted by Crippen LogP contribution is -2.25. The molecular weight excluding hydrogens is 616 g/mol. The third-order valence-electron chi connectivity index (χ3n) is 7.98. The fourth-order valence-corrected chi connectivity index (χ4v) is 5.39. The van der Waals surface area contributed by atoms with Crippen molar-refractivity contribution in [3.05, 3.63) is 119 Å². The summed E-state index contributed by atoms with van der Waals surface area (Å²) in [7, 11) is 0. The Balaban J connectivity index is 1.22. The maximum absolute atomic E-state index is 12.9. The Hall–Kier alpha value is -4.33. The highest BCUT2D eigenvalue weighted by molar-refractivity contribution is 6.09.